The van der Waals surface area contributed by atoms with Crippen LogP contribution in [0, 0.1) is 5.41 Å². The van der Waals surface area contributed by atoms with Crippen LogP contribution in [0.5, 0.6) is 0 Å². The van der Waals surface area contributed by atoms with Gasteiger partial charge in [-0.1, -0.05) is 40.5 Å². The van der Waals surface area contributed by atoms with E-state index in [0.717, 1.165) is 17.3 Å². The first kappa shape index (κ1) is 12.1. The fourth-order valence-corrected chi connectivity index (χ4v) is 3.27. The van der Waals surface area contributed by atoms with Gasteiger partial charge in [-0.2, -0.15) is 0 Å². The predicted molar refractivity (Wildman–Crippen MR) is 69.3 cm³/mol. The van der Waals surface area contributed by atoms with Gasteiger partial charge in [0.1, 0.15) is 0 Å². The van der Waals surface area contributed by atoms with Crippen molar-refractivity contribution in [3.63, 3.8) is 0 Å². The lowest BCUT2D eigenvalue weighted by Crippen LogP contribution is -2.42. The molecule has 0 aromatic heterocycles. The Bertz CT molecular complexity index is 357. The molecule has 0 spiro atoms. The van der Waals surface area contributed by atoms with Crippen LogP contribution >= 0.6 is 15.9 Å². The van der Waals surface area contributed by atoms with Gasteiger partial charge < -0.3 is 10.8 Å². The second-order valence-corrected chi connectivity index (χ2v) is 5.54. The molecule has 3 heteroatoms. The zero-order valence-corrected chi connectivity index (χ0v) is 10.9. The average Bonchev–Trinajstić information content (AvgIpc) is 2.25. The molecule has 0 saturated heterocycles. The van der Waals surface area contributed by atoms with E-state index in [2.05, 4.69) is 22.0 Å². The van der Waals surface area contributed by atoms with E-state index in [1.54, 1.807) is 0 Å². The zero-order valence-electron chi connectivity index (χ0n) is 9.32. The standard InChI is InChI=1S/C13H18BrNO/c14-12-5-2-1-4-10(12)11(8-15)13(9-16)6-3-7-13/h1-2,4-5,11,16H,3,6-9,15H2/t11-/m0/s1. The number of nitrogens with two attached hydrogens (primary N) is 1. The Hall–Kier alpha value is -0.380. The summed E-state index contributed by atoms with van der Waals surface area (Å²) in [5.74, 6) is 0.266. The molecule has 88 valence electrons. The highest BCUT2D eigenvalue weighted by atomic mass is 79.9. The Balaban J connectivity index is 2.32. The first-order valence-corrected chi connectivity index (χ1v) is 6.58. The highest BCUT2D eigenvalue weighted by Crippen LogP contribution is 2.51. The van der Waals surface area contributed by atoms with Crippen molar-refractivity contribution in [2.24, 2.45) is 11.1 Å². The van der Waals surface area contributed by atoms with E-state index in [9.17, 15) is 5.11 Å². The summed E-state index contributed by atoms with van der Waals surface area (Å²) in [4.78, 5) is 0. The molecule has 0 amide bonds. The molecule has 2 rings (SSSR count). The molecule has 1 aliphatic rings. The van der Waals surface area contributed by atoms with Gasteiger partial charge in [-0.3, -0.25) is 0 Å². The van der Waals surface area contributed by atoms with Gasteiger partial charge in [-0.25, -0.2) is 0 Å². The van der Waals surface area contributed by atoms with Crippen molar-refractivity contribution in [1.29, 1.82) is 0 Å². The lowest BCUT2D eigenvalue weighted by atomic mass is 9.60. The molecule has 2 nitrogen and oxygen atoms in total. The van der Waals surface area contributed by atoms with E-state index >= 15 is 0 Å². The van der Waals surface area contributed by atoms with Gasteiger partial charge in [0, 0.05) is 22.4 Å². The third-order valence-corrected chi connectivity index (χ3v) is 4.64. The van der Waals surface area contributed by atoms with Crippen molar-refractivity contribution in [2.45, 2.75) is 25.2 Å². The number of aliphatic hydroxyl groups excluding tert-OH is 1. The van der Waals surface area contributed by atoms with Crippen LogP contribution in [-0.4, -0.2) is 18.3 Å². The van der Waals surface area contributed by atoms with Crippen LogP contribution in [0.25, 0.3) is 0 Å². The maximum absolute atomic E-state index is 9.62. The van der Waals surface area contributed by atoms with Crippen molar-refractivity contribution >= 4 is 15.9 Å². The normalized spacial score (nSPS) is 20.2. The van der Waals surface area contributed by atoms with Crippen molar-refractivity contribution in [1.82, 2.24) is 0 Å². The van der Waals surface area contributed by atoms with Crippen molar-refractivity contribution in [3.05, 3.63) is 34.3 Å². The van der Waals surface area contributed by atoms with Crippen LogP contribution in [-0.2, 0) is 0 Å². The Morgan fingerprint density at radius 1 is 1.38 bits per heavy atom. The van der Waals surface area contributed by atoms with Crippen LogP contribution in [0.4, 0.5) is 0 Å². The van der Waals surface area contributed by atoms with Crippen LogP contribution in [0.1, 0.15) is 30.7 Å². The van der Waals surface area contributed by atoms with E-state index < -0.39 is 0 Å². The lowest BCUT2D eigenvalue weighted by molar-refractivity contribution is 0.0190. The minimum absolute atomic E-state index is 0.0264. The van der Waals surface area contributed by atoms with Crippen LogP contribution in [0.15, 0.2) is 28.7 Å². The van der Waals surface area contributed by atoms with Crippen LogP contribution in [0.3, 0.4) is 0 Å². The molecule has 0 unspecified atom stereocenters. The Kier molecular flexibility index (Phi) is 3.67. The number of hydrogen-bond acceptors (Lipinski definition) is 2. The summed E-state index contributed by atoms with van der Waals surface area (Å²) in [6, 6.07) is 8.19. The van der Waals surface area contributed by atoms with Gasteiger partial charge in [-0.05, 0) is 31.0 Å². The Morgan fingerprint density at radius 2 is 2.06 bits per heavy atom. The highest BCUT2D eigenvalue weighted by Gasteiger charge is 2.43. The van der Waals surface area contributed by atoms with E-state index in [1.807, 2.05) is 18.2 Å². The molecule has 0 aliphatic heterocycles. The van der Waals surface area contributed by atoms with Crippen LogP contribution in [0.2, 0.25) is 0 Å². The second-order valence-electron chi connectivity index (χ2n) is 4.68. The predicted octanol–water partition coefficient (Wildman–Crippen LogP) is 2.65. The summed E-state index contributed by atoms with van der Waals surface area (Å²) < 4.78 is 1.10. The van der Waals surface area contributed by atoms with E-state index in [1.165, 1.54) is 12.0 Å². The Morgan fingerprint density at radius 3 is 2.50 bits per heavy atom. The minimum Gasteiger partial charge on any atom is -0.396 e. The summed E-state index contributed by atoms with van der Waals surface area (Å²) in [5, 5.41) is 9.62. The molecule has 0 radical (unpaired) electrons. The molecule has 1 atom stereocenters. The molecular formula is C13H18BrNO. The second kappa shape index (κ2) is 4.86. The van der Waals surface area contributed by atoms with Gasteiger partial charge >= 0.3 is 0 Å². The van der Waals surface area contributed by atoms with Crippen molar-refractivity contribution in [2.75, 3.05) is 13.2 Å². The molecule has 0 bridgehead atoms. The Labute approximate surface area is 105 Å². The fraction of sp³-hybridized carbons (Fsp3) is 0.538. The fourth-order valence-electron chi connectivity index (χ4n) is 2.71. The third kappa shape index (κ3) is 1.92. The summed E-state index contributed by atoms with van der Waals surface area (Å²) >= 11 is 3.58. The zero-order chi connectivity index (χ0) is 11.6. The SMILES string of the molecule is NC[C@@H](c1ccccc1Br)C1(CO)CCC1. The van der Waals surface area contributed by atoms with E-state index in [4.69, 9.17) is 5.73 Å². The van der Waals surface area contributed by atoms with Gasteiger partial charge in [0.15, 0.2) is 0 Å². The topological polar surface area (TPSA) is 46.2 Å². The number of aliphatic hydroxyl groups is 1. The van der Waals surface area contributed by atoms with Gasteiger partial charge in [0.05, 0.1) is 0 Å². The molecule has 3 N–H and O–H groups in total. The summed E-state index contributed by atoms with van der Waals surface area (Å²) in [6.07, 6.45) is 3.39. The van der Waals surface area contributed by atoms with Crippen LogP contribution < -0.4 is 5.73 Å². The van der Waals surface area contributed by atoms with Crippen molar-refractivity contribution in [3.8, 4) is 0 Å². The molecule has 1 aromatic carbocycles. The van der Waals surface area contributed by atoms with Gasteiger partial charge in [-0.15, -0.1) is 0 Å². The van der Waals surface area contributed by atoms with E-state index in [-0.39, 0.29) is 17.9 Å². The van der Waals surface area contributed by atoms with E-state index in [0.29, 0.717) is 6.54 Å². The average molecular weight is 284 g/mol. The number of halogens is 1. The van der Waals surface area contributed by atoms with Gasteiger partial charge in [0.2, 0.25) is 0 Å². The number of hydrogen-bond donors (Lipinski definition) is 2. The summed E-state index contributed by atoms with van der Waals surface area (Å²) in [5.41, 5.74) is 7.17. The summed E-state index contributed by atoms with van der Waals surface area (Å²) in [6.45, 7) is 0.847. The maximum atomic E-state index is 9.62. The third-order valence-electron chi connectivity index (χ3n) is 3.92. The molecule has 1 fully saturated rings. The molecule has 1 saturated carbocycles. The van der Waals surface area contributed by atoms with Crippen molar-refractivity contribution < 1.29 is 5.11 Å². The maximum Gasteiger partial charge on any atom is 0.0493 e. The first-order valence-electron chi connectivity index (χ1n) is 5.79. The highest BCUT2D eigenvalue weighted by molar-refractivity contribution is 9.10. The molecule has 1 aliphatic carbocycles. The monoisotopic (exact) mass is 283 g/mol. The molecule has 16 heavy (non-hydrogen) atoms. The molecule has 1 aromatic rings. The van der Waals surface area contributed by atoms with Gasteiger partial charge in [0.25, 0.3) is 0 Å². The number of benzene rings is 1. The molecule has 0 heterocycles. The largest absolute Gasteiger partial charge is 0.396 e. The summed E-state index contributed by atoms with van der Waals surface area (Å²) in [7, 11) is 0. The first-order chi connectivity index (χ1) is 7.73. The minimum atomic E-state index is 0.0264. The molecular weight excluding hydrogens is 266 g/mol. The smallest absolute Gasteiger partial charge is 0.0493 e. The quantitative estimate of drug-likeness (QED) is 0.893. The lowest BCUT2D eigenvalue weighted by Gasteiger charge is -2.46. The number of rotatable bonds is 4.